The molecule has 25 heavy (non-hydrogen) atoms. The van der Waals surface area contributed by atoms with Gasteiger partial charge in [-0.2, -0.15) is 0 Å². The van der Waals surface area contributed by atoms with Crippen molar-refractivity contribution in [2.75, 3.05) is 33.7 Å². The Hall–Kier alpha value is -0.990. The molecule has 0 saturated carbocycles. The van der Waals surface area contributed by atoms with Crippen LogP contribution in [0.3, 0.4) is 0 Å². The van der Waals surface area contributed by atoms with Gasteiger partial charge >= 0.3 is 0 Å². The Morgan fingerprint density at radius 1 is 1.32 bits per heavy atom. The number of aliphatic imine (C=N–C) groups is 1. The van der Waals surface area contributed by atoms with Crippen LogP contribution >= 0.6 is 47.2 Å². The summed E-state index contributed by atoms with van der Waals surface area (Å²) in [5.41, 5.74) is 1.06. The van der Waals surface area contributed by atoms with E-state index >= 15 is 0 Å². The SMILES string of the molecule is C=CCNC(=NCC(=O)N(C)C)NCCCc1ccc(Cl)cc1Cl.I. The van der Waals surface area contributed by atoms with Crippen molar-refractivity contribution in [1.82, 2.24) is 15.5 Å². The average Bonchev–Trinajstić information content (AvgIpc) is 2.54. The van der Waals surface area contributed by atoms with E-state index in [1.165, 1.54) is 4.90 Å². The molecule has 0 saturated heterocycles. The van der Waals surface area contributed by atoms with E-state index in [0.29, 0.717) is 29.1 Å². The molecule has 0 unspecified atom stereocenters. The van der Waals surface area contributed by atoms with Crippen LogP contribution in [0, 0.1) is 0 Å². The lowest BCUT2D eigenvalue weighted by atomic mass is 10.1. The Labute approximate surface area is 176 Å². The minimum Gasteiger partial charge on any atom is -0.356 e. The van der Waals surface area contributed by atoms with E-state index in [9.17, 15) is 4.79 Å². The number of hydrogen-bond acceptors (Lipinski definition) is 2. The predicted octanol–water partition coefficient (Wildman–Crippen LogP) is 3.35. The van der Waals surface area contributed by atoms with Crippen LogP contribution in [0.4, 0.5) is 0 Å². The molecular formula is C17H25Cl2IN4O. The van der Waals surface area contributed by atoms with Crippen LogP contribution in [0.5, 0.6) is 0 Å². The number of amides is 1. The Kier molecular flexibility index (Phi) is 12.7. The zero-order valence-corrected chi connectivity index (χ0v) is 18.4. The van der Waals surface area contributed by atoms with Gasteiger partial charge in [-0.05, 0) is 30.5 Å². The average molecular weight is 499 g/mol. The highest BCUT2D eigenvalue weighted by Gasteiger charge is 2.05. The maximum atomic E-state index is 11.6. The van der Waals surface area contributed by atoms with Crippen molar-refractivity contribution in [2.24, 2.45) is 4.99 Å². The third kappa shape index (κ3) is 9.91. The second-order valence-electron chi connectivity index (χ2n) is 5.39. The fraction of sp³-hybridized carbons (Fsp3) is 0.412. The van der Waals surface area contributed by atoms with Gasteiger partial charge in [-0.1, -0.05) is 35.3 Å². The van der Waals surface area contributed by atoms with Crippen LogP contribution in [0.25, 0.3) is 0 Å². The number of halogens is 3. The van der Waals surface area contributed by atoms with Gasteiger partial charge in [0.2, 0.25) is 5.91 Å². The maximum Gasteiger partial charge on any atom is 0.243 e. The molecule has 0 aliphatic heterocycles. The monoisotopic (exact) mass is 498 g/mol. The summed E-state index contributed by atoms with van der Waals surface area (Å²) in [5, 5.41) is 7.60. The number of carbonyl (C=O) groups is 1. The minimum absolute atomic E-state index is 0. The van der Waals surface area contributed by atoms with E-state index in [4.69, 9.17) is 23.2 Å². The van der Waals surface area contributed by atoms with Crippen LogP contribution < -0.4 is 10.6 Å². The highest BCUT2D eigenvalue weighted by molar-refractivity contribution is 14.0. The van der Waals surface area contributed by atoms with Crippen LogP contribution in [0.1, 0.15) is 12.0 Å². The fourth-order valence-electron chi connectivity index (χ4n) is 1.84. The molecular weight excluding hydrogens is 474 g/mol. The molecule has 140 valence electrons. The number of rotatable bonds is 8. The van der Waals surface area contributed by atoms with Crippen LogP contribution in [-0.4, -0.2) is 50.5 Å². The number of likely N-dealkylation sites (N-methyl/N-ethyl adjacent to an activating group) is 1. The van der Waals surface area contributed by atoms with Gasteiger partial charge in [-0.25, -0.2) is 4.99 Å². The zero-order chi connectivity index (χ0) is 17.9. The fourth-order valence-corrected chi connectivity index (χ4v) is 2.34. The predicted molar refractivity (Wildman–Crippen MR) is 117 cm³/mol. The molecule has 2 N–H and O–H groups in total. The standard InChI is InChI=1S/C17H24Cl2N4O.HI/c1-4-9-20-17(22-12-16(24)23(2)3)21-10-5-6-13-7-8-14(18)11-15(13)19;/h4,7-8,11H,1,5-6,9-10,12H2,2-3H3,(H2,20,21,22);1H. The minimum atomic E-state index is -0.0531. The van der Waals surface area contributed by atoms with Gasteiger partial charge in [-0.15, -0.1) is 30.6 Å². The Bertz CT molecular complexity index is 594. The summed E-state index contributed by atoms with van der Waals surface area (Å²) in [5.74, 6) is 0.537. The lowest BCUT2D eigenvalue weighted by molar-refractivity contribution is -0.127. The summed E-state index contributed by atoms with van der Waals surface area (Å²) in [6.07, 6.45) is 3.44. The van der Waals surface area contributed by atoms with Gasteiger partial charge < -0.3 is 15.5 Å². The second-order valence-corrected chi connectivity index (χ2v) is 6.23. The number of carbonyl (C=O) groups excluding carboxylic acids is 1. The summed E-state index contributed by atoms with van der Waals surface area (Å²) in [4.78, 5) is 17.4. The van der Waals surface area contributed by atoms with Crippen molar-refractivity contribution < 1.29 is 4.79 Å². The van der Waals surface area contributed by atoms with Gasteiger partial charge in [0.25, 0.3) is 0 Å². The second kappa shape index (κ2) is 13.2. The maximum absolute atomic E-state index is 11.6. The Morgan fingerprint density at radius 3 is 2.64 bits per heavy atom. The molecule has 0 radical (unpaired) electrons. The summed E-state index contributed by atoms with van der Waals surface area (Å²) in [6.45, 7) is 5.04. The molecule has 0 spiro atoms. The number of aryl methyl sites for hydroxylation is 1. The van der Waals surface area contributed by atoms with Gasteiger partial charge in [0.05, 0.1) is 0 Å². The lowest BCUT2D eigenvalue weighted by Crippen LogP contribution is -2.39. The highest BCUT2D eigenvalue weighted by atomic mass is 127. The quantitative estimate of drug-likeness (QED) is 0.190. The number of guanidine groups is 1. The Morgan fingerprint density at radius 2 is 2.04 bits per heavy atom. The normalized spacial score (nSPS) is 10.6. The van der Waals surface area contributed by atoms with Crippen LogP contribution in [-0.2, 0) is 11.2 Å². The molecule has 0 aliphatic rings. The topological polar surface area (TPSA) is 56.7 Å². The highest BCUT2D eigenvalue weighted by Crippen LogP contribution is 2.21. The largest absolute Gasteiger partial charge is 0.356 e. The van der Waals surface area contributed by atoms with E-state index in [1.807, 2.05) is 12.1 Å². The van der Waals surface area contributed by atoms with Crippen LogP contribution in [0.2, 0.25) is 10.0 Å². The molecule has 0 aromatic heterocycles. The van der Waals surface area contributed by atoms with Crippen molar-refractivity contribution >= 4 is 59.0 Å². The molecule has 1 aromatic rings. The first-order chi connectivity index (χ1) is 11.4. The lowest BCUT2D eigenvalue weighted by Gasteiger charge is -2.13. The van der Waals surface area contributed by atoms with Crippen molar-refractivity contribution in [2.45, 2.75) is 12.8 Å². The van der Waals surface area contributed by atoms with Crippen molar-refractivity contribution in [3.8, 4) is 0 Å². The first-order valence-corrected chi connectivity index (χ1v) is 8.46. The summed E-state index contributed by atoms with van der Waals surface area (Å²) < 4.78 is 0. The molecule has 0 bridgehead atoms. The van der Waals surface area contributed by atoms with Gasteiger partial charge in [-0.3, -0.25) is 4.79 Å². The summed E-state index contributed by atoms with van der Waals surface area (Å²) in [7, 11) is 3.41. The number of nitrogens with zero attached hydrogens (tertiary/aromatic N) is 2. The molecule has 0 atom stereocenters. The van der Waals surface area contributed by atoms with Crippen molar-refractivity contribution in [1.29, 1.82) is 0 Å². The number of benzene rings is 1. The van der Waals surface area contributed by atoms with E-state index in [1.54, 1.807) is 26.2 Å². The third-order valence-electron chi connectivity index (χ3n) is 3.22. The molecule has 1 rings (SSSR count). The van der Waals surface area contributed by atoms with Gasteiger partial charge in [0.1, 0.15) is 6.54 Å². The van der Waals surface area contributed by atoms with E-state index in [-0.39, 0.29) is 36.4 Å². The molecule has 1 aromatic carbocycles. The molecule has 0 aliphatic carbocycles. The van der Waals surface area contributed by atoms with Crippen molar-refractivity contribution in [3.05, 3.63) is 46.5 Å². The van der Waals surface area contributed by atoms with Crippen LogP contribution in [0.15, 0.2) is 35.8 Å². The molecule has 1 amide bonds. The summed E-state index contributed by atoms with van der Waals surface area (Å²) >= 11 is 12.1. The first-order valence-electron chi connectivity index (χ1n) is 7.71. The van der Waals surface area contributed by atoms with Gasteiger partial charge in [0, 0.05) is 37.2 Å². The molecule has 0 fully saturated rings. The number of nitrogens with one attached hydrogen (secondary N) is 2. The van der Waals surface area contributed by atoms with Gasteiger partial charge in [0.15, 0.2) is 5.96 Å². The smallest absolute Gasteiger partial charge is 0.243 e. The molecule has 8 heteroatoms. The van der Waals surface area contributed by atoms with E-state index in [2.05, 4.69) is 22.2 Å². The number of hydrogen-bond donors (Lipinski definition) is 2. The third-order valence-corrected chi connectivity index (χ3v) is 3.80. The van der Waals surface area contributed by atoms with E-state index < -0.39 is 0 Å². The van der Waals surface area contributed by atoms with Crippen molar-refractivity contribution in [3.63, 3.8) is 0 Å². The zero-order valence-electron chi connectivity index (χ0n) is 14.5. The van der Waals surface area contributed by atoms with E-state index in [0.717, 1.165) is 18.4 Å². The molecule has 0 heterocycles. The molecule has 5 nitrogen and oxygen atoms in total. The first kappa shape index (κ1) is 24.0. The summed E-state index contributed by atoms with van der Waals surface area (Å²) in [6, 6.07) is 5.52. The Balaban J connectivity index is 0.00000576.